The topological polar surface area (TPSA) is 20.2 Å². The lowest BCUT2D eigenvalue weighted by Crippen LogP contribution is -2.13. The summed E-state index contributed by atoms with van der Waals surface area (Å²) in [6.45, 7) is 18.2. The maximum Gasteiger partial charge on any atom is 0.119 e. The van der Waals surface area contributed by atoms with E-state index in [0.29, 0.717) is 29.4 Å². The Hall–Kier alpha value is -0.980. The Morgan fingerprint density at radius 2 is 1.04 bits per heavy atom. The predicted molar refractivity (Wildman–Crippen MR) is 103 cm³/mol. The molecule has 0 aliphatic heterocycles. The fourth-order valence-corrected chi connectivity index (χ4v) is 3.58. The summed E-state index contributed by atoms with van der Waals surface area (Å²) in [6.07, 6.45) is 4.46. The van der Waals surface area contributed by atoms with E-state index in [9.17, 15) is 5.11 Å². The zero-order valence-corrected chi connectivity index (χ0v) is 16.7. The highest BCUT2D eigenvalue weighted by Crippen LogP contribution is 2.45. The van der Waals surface area contributed by atoms with E-state index in [1.807, 2.05) is 0 Å². The number of aromatic hydroxyl groups is 1. The molecular formula is C22H38O. The van der Waals surface area contributed by atoms with Crippen molar-refractivity contribution in [2.75, 3.05) is 0 Å². The molecule has 0 bridgehead atoms. The lowest BCUT2D eigenvalue weighted by molar-refractivity contribution is 0.455. The second-order valence-corrected chi connectivity index (χ2v) is 7.46. The quantitative estimate of drug-likeness (QED) is 0.528. The van der Waals surface area contributed by atoms with E-state index in [-0.39, 0.29) is 0 Å². The highest BCUT2D eigenvalue weighted by Gasteiger charge is 2.27. The molecule has 0 saturated carbocycles. The Morgan fingerprint density at radius 3 is 1.48 bits per heavy atom. The molecule has 0 radical (unpaired) electrons. The molecule has 0 aliphatic carbocycles. The van der Waals surface area contributed by atoms with Gasteiger partial charge in [0.1, 0.15) is 5.75 Å². The molecule has 0 aromatic heterocycles. The maximum atomic E-state index is 10.8. The third-order valence-electron chi connectivity index (χ3n) is 5.92. The smallest absolute Gasteiger partial charge is 0.119 e. The van der Waals surface area contributed by atoms with Gasteiger partial charge in [-0.05, 0) is 72.1 Å². The molecule has 4 atom stereocenters. The van der Waals surface area contributed by atoms with Gasteiger partial charge in [-0.25, -0.2) is 0 Å². The van der Waals surface area contributed by atoms with Gasteiger partial charge >= 0.3 is 0 Å². The fourth-order valence-electron chi connectivity index (χ4n) is 3.58. The number of hydrogen-bond acceptors (Lipinski definition) is 1. The van der Waals surface area contributed by atoms with Gasteiger partial charge in [0.15, 0.2) is 0 Å². The molecule has 0 aliphatic rings. The van der Waals surface area contributed by atoms with Crippen molar-refractivity contribution < 1.29 is 5.11 Å². The molecule has 0 unspecified atom stereocenters. The lowest BCUT2D eigenvalue weighted by atomic mass is 9.75. The zero-order valence-electron chi connectivity index (χ0n) is 16.7. The highest BCUT2D eigenvalue weighted by molar-refractivity contribution is 5.54. The van der Waals surface area contributed by atoms with Gasteiger partial charge in [-0.1, -0.05) is 55.4 Å². The van der Waals surface area contributed by atoms with E-state index < -0.39 is 0 Å². The maximum absolute atomic E-state index is 10.8. The van der Waals surface area contributed by atoms with E-state index in [2.05, 4.69) is 61.5 Å². The molecule has 132 valence electrons. The first-order valence-electron chi connectivity index (χ1n) is 9.73. The molecule has 0 amide bonds. The van der Waals surface area contributed by atoms with Gasteiger partial charge in [-0.3, -0.25) is 0 Å². The molecule has 23 heavy (non-hydrogen) atoms. The molecule has 1 N–H and O–H groups in total. The van der Waals surface area contributed by atoms with Crippen LogP contribution in [0.5, 0.6) is 5.75 Å². The van der Waals surface area contributed by atoms with Crippen molar-refractivity contribution in [1.82, 2.24) is 0 Å². The molecule has 0 fully saturated rings. The summed E-state index contributed by atoms with van der Waals surface area (Å²) in [5, 5.41) is 10.8. The summed E-state index contributed by atoms with van der Waals surface area (Å²) in [4.78, 5) is 0. The Labute approximate surface area is 144 Å². The number of phenolic OH excluding ortho intramolecular Hbond substituents is 1. The van der Waals surface area contributed by atoms with Crippen LogP contribution in [0.4, 0.5) is 0 Å². The first kappa shape index (κ1) is 20.1. The normalized spacial score (nSPS) is 16.9. The van der Waals surface area contributed by atoms with Crippen LogP contribution in [0, 0.1) is 0 Å². The molecule has 1 aromatic rings. The summed E-state index contributed by atoms with van der Waals surface area (Å²) in [5.74, 6) is 2.48. The Morgan fingerprint density at radius 1 is 0.652 bits per heavy atom. The van der Waals surface area contributed by atoms with Gasteiger partial charge in [-0.2, -0.15) is 0 Å². The minimum absolute atomic E-state index is 0.410. The predicted octanol–water partition coefficient (Wildman–Crippen LogP) is 7.45. The van der Waals surface area contributed by atoms with Crippen LogP contribution in [0.3, 0.4) is 0 Å². The van der Waals surface area contributed by atoms with Crippen LogP contribution in [0.1, 0.15) is 127 Å². The lowest BCUT2D eigenvalue weighted by Gasteiger charge is -2.31. The van der Waals surface area contributed by atoms with Crippen LogP contribution in [0.15, 0.2) is 6.07 Å². The van der Waals surface area contributed by atoms with Crippen molar-refractivity contribution in [1.29, 1.82) is 0 Å². The van der Waals surface area contributed by atoms with E-state index in [1.165, 1.54) is 22.3 Å². The molecular weight excluding hydrogens is 280 g/mol. The van der Waals surface area contributed by atoms with E-state index >= 15 is 0 Å². The standard InChI is InChI=1S/C22H38O/c1-9-14(5)18-13-19(23)21(16(7)11-3)22(17(8)12-4)20(18)15(6)10-2/h13-17,23H,9-12H2,1-8H3/t14-,15+,16+,17-/m0/s1. The van der Waals surface area contributed by atoms with Gasteiger partial charge in [-0.15, -0.1) is 0 Å². The summed E-state index contributed by atoms with van der Waals surface area (Å²) in [6, 6.07) is 2.09. The SMILES string of the molecule is CC[C@@H](C)c1c(O)cc([C@@H](C)CC)c([C@H](C)CC)c1[C@@H](C)CC. The van der Waals surface area contributed by atoms with Crippen LogP contribution < -0.4 is 0 Å². The van der Waals surface area contributed by atoms with Crippen LogP contribution >= 0.6 is 0 Å². The van der Waals surface area contributed by atoms with Gasteiger partial charge in [0.05, 0.1) is 0 Å². The summed E-state index contributed by atoms with van der Waals surface area (Å²) < 4.78 is 0. The minimum Gasteiger partial charge on any atom is -0.508 e. The van der Waals surface area contributed by atoms with Crippen LogP contribution in [0.25, 0.3) is 0 Å². The van der Waals surface area contributed by atoms with Crippen molar-refractivity contribution in [3.05, 3.63) is 28.3 Å². The van der Waals surface area contributed by atoms with Crippen molar-refractivity contribution in [3.8, 4) is 5.75 Å². The second kappa shape index (κ2) is 8.76. The van der Waals surface area contributed by atoms with E-state index in [4.69, 9.17) is 0 Å². The fraction of sp³-hybridized carbons (Fsp3) is 0.727. The van der Waals surface area contributed by atoms with Crippen LogP contribution in [-0.2, 0) is 0 Å². The third-order valence-corrected chi connectivity index (χ3v) is 5.92. The average molecular weight is 319 g/mol. The van der Waals surface area contributed by atoms with Crippen molar-refractivity contribution in [2.45, 2.75) is 105 Å². The largest absolute Gasteiger partial charge is 0.508 e. The van der Waals surface area contributed by atoms with Gasteiger partial charge in [0.25, 0.3) is 0 Å². The van der Waals surface area contributed by atoms with E-state index in [0.717, 1.165) is 25.7 Å². The molecule has 0 heterocycles. The Balaban J connectivity index is 3.81. The summed E-state index contributed by atoms with van der Waals surface area (Å²) >= 11 is 0. The molecule has 1 nitrogen and oxygen atoms in total. The first-order chi connectivity index (χ1) is 10.8. The van der Waals surface area contributed by atoms with E-state index in [1.54, 1.807) is 0 Å². The monoisotopic (exact) mass is 318 g/mol. The third kappa shape index (κ3) is 4.11. The second-order valence-electron chi connectivity index (χ2n) is 7.46. The number of phenols is 1. The average Bonchev–Trinajstić information content (AvgIpc) is 2.57. The summed E-state index contributed by atoms with van der Waals surface area (Å²) in [7, 11) is 0. The molecule has 0 saturated heterocycles. The summed E-state index contributed by atoms with van der Waals surface area (Å²) in [5.41, 5.74) is 5.57. The zero-order chi connectivity index (χ0) is 17.7. The van der Waals surface area contributed by atoms with Gasteiger partial charge < -0.3 is 5.11 Å². The molecule has 1 rings (SSSR count). The van der Waals surface area contributed by atoms with Crippen LogP contribution in [0.2, 0.25) is 0 Å². The van der Waals surface area contributed by atoms with Gasteiger partial charge in [0, 0.05) is 5.56 Å². The Kier molecular flexibility index (Phi) is 7.64. The van der Waals surface area contributed by atoms with Crippen molar-refractivity contribution in [2.24, 2.45) is 0 Å². The van der Waals surface area contributed by atoms with Crippen molar-refractivity contribution >= 4 is 0 Å². The number of benzene rings is 1. The molecule has 1 heteroatoms. The van der Waals surface area contributed by atoms with Gasteiger partial charge in [0.2, 0.25) is 0 Å². The van der Waals surface area contributed by atoms with Crippen LogP contribution in [-0.4, -0.2) is 5.11 Å². The minimum atomic E-state index is 0.410. The van der Waals surface area contributed by atoms with Crippen molar-refractivity contribution in [3.63, 3.8) is 0 Å². The molecule has 0 spiro atoms. The number of rotatable bonds is 8. The molecule has 1 aromatic carbocycles. The number of hydrogen-bond donors (Lipinski definition) is 1. The first-order valence-corrected chi connectivity index (χ1v) is 9.73. The Bertz CT molecular complexity index is 503. The highest BCUT2D eigenvalue weighted by atomic mass is 16.3.